The van der Waals surface area contributed by atoms with Crippen LogP contribution in [0.15, 0.2) is 117 Å². The quantitative estimate of drug-likeness (QED) is 0.267. The number of amides is 1. The second-order valence-electron chi connectivity index (χ2n) is 7.99. The first-order valence-electron chi connectivity index (χ1n) is 11.1. The molecule has 4 aromatic carbocycles. The Morgan fingerprint density at radius 1 is 0.737 bits per heavy atom. The van der Waals surface area contributed by atoms with Gasteiger partial charge in [0.05, 0.1) is 15.5 Å². The van der Waals surface area contributed by atoms with Crippen molar-refractivity contribution in [1.29, 1.82) is 0 Å². The number of sulfonamides is 2. The van der Waals surface area contributed by atoms with Crippen molar-refractivity contribution in [3.8, 4) is 0 Å². The smallest absolute Gasteiger partial charge is 0.264 e. The summed E-state index contributed by atoms with van der Waals surface area (Å²) >= 11 is 3.29. The predicted molar refractivity (Wildman–Crippen MR) is 147 cm³/mol. The molecule has 4 aromatic rings. The molecule has 0 bridgehead atoms. The van der Waals surface area contributed by atoms with Crippen molar-refractivity contribution < 1.29 is 26.0 Å². The molecule has 12 heteroatoms. The summed E-state index contributed by atoms with van der Waals surface area (Å²) in [5, 5.41) is 2.58. The summed E-state index contributed by atoms with van der Waals surface area (Å²) in [7, 11) is -8.07. The van der Waals surface area contributed by atoms with Crippen LogP contribution in [-0.2, 0) is 24.8 Å². The molecule has 8 nitrogen and oxygen atoms in total. The molecule has 0 saturated heterocycles. The number of anilines is 3. The van der Waals surface area contributed by atoms with Gasteiger partial charge in [-0.3, -0.25) is 13.8 Å². The minimum Gasteiger partial charge on any atom is -0.325 e. The average Bonchev–Trinajstić information content (AvgIpc) is 2.89. The Balaban J connectivity index is 1.50. The lowest BCUT2D eigenvalue weighted by atomic mass is 10.3. The number of hydrogen-bond acceptors (Lipinski definition) is 5. The molecule has 0 fully saturated rings. The zero-order valence-electron chi connectivity index (χ0n) is 19.6. The zero-order valence-corrected chi connectivity index (χ0v) is 22.8. The second kappa shape index (κ2) is 11.3. The molecule has 0 unspecified atom stereocenters. The van der Waals surface area contributed by atoms with Crippen LogP contribution in [-0.4, -0.2) is 29.3 Å². The van der Waals surface area contributed by atoms with E-state index < -0.39 is 38.3 Å². The lowest BCUT2D eigenvalue weighted by Gasteiger charge is -2.24. The molecular weight excluding hydrogens is 597 g/mol. The third-order valence-corrected chi connectivity index (χ3v) is 8.99. The number of nitrogens with zero attached hydrogens (tertiary/aromatic N) is 1. The molecule has 0 aromatic heterocycles. The topological polar surface area (TPSA) is 113 Å². The average molecular weight is 619 g/mol. The number of para-hydroxylation sites is 1. The summed E-state index contributed by atoms with van der Waals surface area (Å²) in [6.45, 7) is -0.575. The number of halogens is 2. The molecule has 4 rings (SSSR count). The first-order chi connectivity index (χ1) is 18.0. The maximum atomic E-state index is 13.4. The molecule has 0 aliphatic rings. The van der Waals surface area contributed by atoms with Crippen LogP contribution in [0.25, 0.3) is 0 Å². The summed E-state index contributed by atoms with van der Waals surface area (Å²) < 4.78 is 69.5. The van der Waals surface area contributed by atoms with Gasteiger partial charge in [-0.15, -0.1) is 0 Å². The maximum Gasteiger partial charge on any atom is 0.264 e. The highest BCUT2D eigenvalue weighted by Gasteiger charge is 2.27. The van der Waals surface area contributed by atoms with Crippen molar-refractivity contribution in [1.82, 2.24) is 0 Å². The van der Waals surface area contributed by atoms with Gasteiger partial charge in [0.1, 0.15) is 12.4 Å². The summed E-state index contributed by atoms with van der Waals surface area (Å²) in [4.78, 5) is 12.7. The van der Waals surface area contributed by atoms with Crippen LogP contribution < -0.4 is 14.3 Å². The third-order valence-electron chi connectivity index (χ3n) is 5.28. The van der Waals surface area contributed by atoms with E-state index in [2.05, 4.69) is 26.0 Å². The van der Waals surface area contributed by atoms with Crippen LogP contribution >= 0.6 is 15.9 Å². The molecule has 1 amide bonds. The fourth-order valence-electron chi connectivity index (χ4n) is 3.42. The van der Waals surface area contributed by atoms with E-state index in [1.807, 2.05) is 0 Å². The Hall–Kier alpha value is -3.74. The number of benzene rings is 4. The SMILES string of the molecule is O=C(CN(c1ccccc1)S(=O)(=O)c1ccc(F)cc1)Nc1ccc(S(=O)(=O)Nc2ccc(Br)cc2)cc1. The summed E-state index contributed by atoms with van der Waals surface area (Å²) in [5.41, 5.74) is 0.895. The van der Waals surface area contributed by atoms with Crippen LogP contribution in [0.5, 0.6) is 0 Å². The van der Waals surface area contributed by atoms with Crippen molar-refractivity contribution >= 4 is 58.9 Å². The summed E-state index contributed by atoms with van der Waals surface area (Å²) in [6.07, 6.45) is 0. The van der Waals surface area contributed by atoms with Gasteiger partial charge < -0.3 is 5.32 Å². The summed E-state index contributed by atoms with van der Waals surface area (Å²) in [5.74, 6) is -1.26. The van der Waals surface area contributed by atoms with Crippen LogP contribution in [0.4, 0.5) is 21.5 Å². The van der Waals surface area contributed by atoms with Gasteiger partial charge >= 0.3 is 0 Å². The Kier molecular flexibility index (Phi) is 8.14. The number of carbonyl (C=O) groups is 1. The minimum absolute atomic E-state index is 0.0248. The van der Waals surface area contributed by atoms with Crippen molar-refractivity contribution in [3.63, 3.8) is 0 Å². The predicted octanol–water partition coefficient (Wildman–Crippen LogP) is 5.22. The van der Waals surface area contributed by atoms with Gasteiger partial charge in [-0.05, 0) is 84.9 Å². The summed E-state index contributed by atoms with van der Waals surface area (Å²) in [6, 6.07) is 24.4. The normalized spacial score (nSPS) is 11.5. The fourth-order valence-corrected chi connectivity index (χ4v) is 6.17. The first kappa shape index (κ1) is 27.3. The number of nitrogens with one attached hydrogen (secondary N) is 2. The van der Waals surface area contributed by atoms with Crippen LogP contribution in [0.2, 0.25) is 0 Å². The maximum absolute atomic E-state index is 13.4. The molecule has 196 valence electrons. The van der Waals surface area contributed by atoms with Crippen LogP contribution in [0.1, 0.15) is 0 Å². The van der Waals surface area contributed by atoms with Crippen molar-refractivity contribution in [2.75, 3.05) is 20.9 Å². The molecule has 0 spiro atoms. The van der Waals surface area contributed by atoms with E-state index in [0.717, 1.165) is 33.0 Å². The van der Waals surface area contributed by atoms with E-state index in [1.165, 1.54) is 36.4 Å². The highest BCUT2D eigenvalue weighted by molar-refractivity contribution is 9.10. The van der Waals surface area contributed by atoms with E-state index >= 15 is 0 Å². The standard InChI is InChI=1S/C26H21BrFN3O5S2/c27-19-6-10-22(11-7-19)30-37(33,34)24-16-12-21(13-17-24)29-26(32)18-31(23-4-2-1-3-5-23)38(35,36)25-14-8-20(28)9-15-25/h1-17,30H,18H2,(H,29,32). The third kappa shape index (κ3) is 6.57. The number of rotatable bonds is 9. The lowest BCUT2D eigenvalue weighted by molar-refractivity contribution is -0.114. The highest BCUT2D eigenvalue weighted by atomic mass is 79.9. The Morgan fingerprint density at radius 3 is 1.89 bits per heavy atom. The van der Waals surface area contributed by atoms with Gasteiger partial charge in [-0.1, -0.05) is 34.1 Å². The molecule has 0 atom stereocenters. The molecule has 0 heterocycles. The molecule has 38 heavy (non-hydrogen) atoms. The molecule has 0 saturated carbocycles. The lowest BCUT2D eigenvalue weighted by Crippen LogP contribution is -2.38. The minimum atomic E-state index is -4.20. The number of hydrogen-bond donors (Lipinski definition) is 2. The molecule has 0 aliphatic carbocycles. The largest absolute Gasteiger partial charge is 0.325 e. The Bertz CT molecular complexity index is 1630. The second-order valence-corrected chi connectivity index (χ2v) is 12.4. The van der Waals surface area contributed by atoms with E-state index in [4.69, 9.17) is 0 Å². The van der Waals surface area contributed by atoms with Gasteiger partial charge in [-0.2, -0.15) is 0 Å². The molecule has 0 radical (unpaired) electrons. The molecule has 0 aliphatic heterocycles. The van der Waals surface area contributed by atoms with E-state index in [-0.39, 0.29) is 21.2 Å². The van der Waals surface area contributed by atoms with Gasteiger partial charge in [0.25, 0.3) is 20.0 Å². The van der Waals surface area contributed by atoms with Crippen molar-refractivity contribution in [3.05, 3.63) is 113 Å². The van der Waals surface area contributed by atoms with Crippen LogP contribution in [0.3, 0.4) is 0 Å². The van der Waals surface area contributed by atoms with Gasteiger partial charge in [0, 0.05) is 15.8 Å². The van der Waals surface area contributed by atoms with Crippen LogP contribution in [0, 0.1) is 5.82 Å². The highest BCUT2D eigenvalue weighted by Crippen LogP contribution is 2.24. The Labute approximate surface area is 228 Å². The van der Waals surface area contributed by atoms with Crippen molar-refractivity contribution in [2.24, 2.45) is 0 Å². The fraction of sp³-hybridized carbons (Fsp3) is 0.0385. The molecular formula is C26H21BrFN3O5S2. The monoisotopic (exact) mass is 617 g/mol. The van der Waals surface area contributed by atoms with E-state index in [0.29, 0.717) is 5.69 Å². The number of carbonyl (C=O) groups excluding carboxylic acids is 1. The Morgan fingerprint density at radius 2 is 1.29 bits per heavy atom. The molecule has 2 N–H and O–H groups in total. The van der Waals surface area contributed by atoms with E-state index in [1.54, 1.807) is 42.5 Å². The zero-order chi connectivity index (χ0) is 27.3. The van der Waals surface area contributed by atoms with Gasteiger partial charge in [-0.25, -0.2) is 21.2 Å². The van der Waals surface area contributed by atoms with Gasteiger partial charge in [0.15, 0.2) is 0 Å². The van der Waals surface area contributed by atoms with E-state index in [9.17, 15) is 26.0 Å². The van der Waals surface area contributed by atoms with Crippen molar-refractivity contribution in [2.45, 2.75) is 9.79 Å². The first-order valence-corrected chi connectivity index (χ1v) is 14.8. The van der Waals surface area contributed by atoms with Gasteiger partial charge in [0.2, 0.25) is 5.91 Å².